The fourth-order valence-electron chi connectivity index (χ4n) is 1.86. The van der Waals surface area contributed by atoms with Crippen LogP contribution in [0.3, 0.4) is 0 Å². The Bertz CT molecular complexity index is 699. The van der Waals surface area contributed by atoms with Gasteiger partial charge in [0.25, 0.3) is 0 Å². The summed E-state index contributed by atoms with van der Waals surface area (Å²) >= 11 is 0. The summed E-state index contributed by atoms with van der Waals surface area (Å²) in [7, 11) is 1.45. The predicted octanol–water partition coefficient (Wildman–Crippen LogP) is 2.25. The van der Waals surface area contributed by atoms with Crippen LogP contribution in [-0.4, -0.2) is 31.9 Å². The van der Waals surface area contributed by atoms with E-state index in [1.807, 2.05) is 18.2 Å². The molecular formula is C18H20N2O5. The van der Waals surface area contributed by atoms with Gasteiger partial charge in [-0.25, -0.2) is 15.1 Å². The summed E-state index contributed by atoms with van der Waals surface area (Å²) in [6.07, 6.45) is -2.19. The van der Waals surface area contributed by atoms with Crippen LogP contribution >= 0.6 is 0 Å². The highest BCUT2D eigenvalue weighted by molar-refractivity contribution is 5.89. The quantitative estimate of drug-likeness (QED) is 0.434. The molecule has 2 aromatic rings. The third-order valence-electron chi connectivity index (χ3n) is 3.02. The average Bonchev–Trinajstić information content (AvgIpc) is 2.67. The van der Waals surface area contributed by atoms with Crippen LogP contribution in [0, 0.1) is 0 Å². The van der Waals surface area contributed by atoms with Crippen LogP contribution in [0.4, 0.5) is 4.79 Å². The Kier molecular flexibility index (Phi) is 6.82. The van der Waals surface area contributed by atoms with Gasteiger partial charge in [0.05, 0.1) is 13.5 Å². The summed E-state index contributed by atoms with van der Waals surface area (Å²) in [5.74, 6) is -0.678. The molecule has 0 aliphatic carbocycles. The van der Waals surface area contributed by atoms with E-state index in [1.165, 1.54) is 7.05 Å². The topological polar surface area (TPSA) is 85.9 Å². The van der Waals surface area contributed by atoms with Crippen LogP contribution < -0.4 is 10.8 Å². The molecule has 2 unspecified atom stereocenters. The maximum absolute atomic E-state index is 12.1. The number of hydrogen-bond donors (Lipinski definition) is 2. The zero-order valence-corrected chi connectivity index (χ0v) is 13.7. The van der Waals surface area contributed by atoms with E-state index >= 15 is 0 Å². The Morgan fingerprint density at radius 2 is 1.72 bits per heavy atom. The number of amides is 1. The van der Waals surface area contributed by atoms with Crippen LogP contribution in [0.15, 0.2) is 60.7 Å². The molecule has 0 bridgehead atoms. The minimum absolute atomic E-state index is 0.0563. The van der Waals surface area contributed by atoms with E-state index in [-0.39, 0.29) is 6.61 Å². The second-order valence-corrected chi connectivity index (χ2v) is 4.83. The molecule has 1 amide bonds. The van der Waals surface area contributed by atoms with Gasteiger partial charge in [-0.15, -0.1) is 0 Å². The number of nitrogens with one attached hydrogen (secondary N) is 2. The van der Waals surface area contributed by atoms with E-state index in [4.69, 9.17) is 15.7 Å². The van der Waals surface area contributed by atoms with E-state index in [1.54, 1.807) is 42.5 Å². The van der Waals surface area contributed by atoms with Crippen LogP contribution in [0.1, 0.15) is 17.3 Å². The van der Waals surface area contributed by atoms with Gasteiger partial charge in [-0.05, 0) is 17.7 Å². The molecule has 0 saturated carbocycles. The van der Waals surface area contributed by atoms with Gasteiger partial charge in [0, 0.05) is 7.05 Å². The van der Waals surface area contributed by atoms with Crippen LogP contribution in [0.25, 0.3) is 0 Å². The zero-order valence-electron chi connectivity index (χ0n) is 14.7. The monoisotopic (exact) mass is 345 g/mol. The van der Waals surface area contributed by atoms with Crippen molar-refractivity contribution in [3.63, 3.8) is 0 Å². The number of alkyl carbamates (subject to hydrolysis) is 1. The summed E-state index contributed by atoms with van der Waals surface area (Å²) < 4.78 is 18.1. The van der Waals surface area contributed by atoms with Crippen molar-refractivity contribution < 1.29 is 25.3 Å². The van der Waals surface area contributed by atoms with E-state index in [0.29, 0.717) is 5.56 Å². The standard InChI is InChI=1S/C18H20N2O5/c1-19-25-16(24-17(21)15-10-6-3-7-11-15)12-20-18(22)23-13-14-8-4-2-5-9-14/h2-11,16,19H,12-13H2,1H3,(H,20,22)/i12D. The summed E-state index contributed by atoms with van der Waals surface area (Å²) in [5, 5.41) is 2.26. The Balaban J connectivity index is 1.87. The van der Waals surface area contributed by atoms with Crippen molar-refractivity contribution in [2.24, 2.45) is 0 Å². The predicted molar refractivity (Wildman–Crippen MR) is 90.4 cm³/mol. The molecule has 0 aliphatic rings. The molecule has 25 heavy (non-hydrogen) atoms. The lowest BCUT2D eigenvalue weighted by Crippen LogP contribution is -2.39. The third kappa shape index (κ3) is 6.62. The molecule has 0 heterocycles. The first-order valence-corrected chi connectivity index (χ1v) is 7.58. The highest BCUT2D eigenvalue weighted by Crippen LogP contribution is 2.04. The molecule has 2 aromatic carbocycles. The van der Waals surface area contributed by atoms with Crippen molar-refractivity contribution in [3.05, 3.63) is 71.8 Å². The summed E-state index contributed by atoms with van der Waals surface area (Å²) in [4.78, 5) is 28.9. The van der Waals surface area contributed by atoms with Crippen molar-refractivity contribution in [2.45, 2.75) is 12.9 Å². The highest BCUT2D eigenvalue weighted by atomic mass is 16.8. The Labute approximate surface area is 147 Å². The molecule has 0 saturated heterocycles. The van der Waals surface area contributed by atoms with Gasteiger partial charge in [0.1, 0.15) is 6.61 Å². The fourth-order valence-corrected chi connectivity index (χ4v) is 1.86. The number of benzene rings is 2. The molecule has 7 nitrogen and oxygen atoms in total. The third-order valence-corrected chi connectivity index (χ3v) is 3.02. The van der Waals surface area contributed by atoms with E-state index < -0.39 is 24.9 Å². The van der Waals surface area contributed by atoms with E-state index in [9.17, 15) is 9.59 Å². The van der Waals surface area contributed by atoms with Crippen LogP contribution in [0.2, 0.25) is 0 Å². The first-order valence-electron chi connectivity index (χ1n) is 8.15. The van der Waals surface area contributed by atoms with Gasteiger partial charge in [0.2, 0.25) is 6.29 Å². The number of carbonyl (C=O) groups is 2. The maximum atomic E-state index is 12.1. The van der Waals surface area contributed by atoms with Gasteiger partial charge in [-0.3, -0.25) is 4.84 Å². The van der Waals surface area contributed by atoms with Gasteiger partial charge in [-0.2, -0.15) is 0 Å². The molecule has 132 valence electrons. The number of ether oxygens (including phenoxy) is 2. The molecule has 0 spiro atoms. The molecule has 0 aliphatic heterocycles. The number of hydroxylamine groups is 1. The Morgan fingerprint density at radius 3 is 2.36 bits per heavy atom. The Morgan fingerprint density at radius 1 is 1.08 bits per heavy atom. The number of hydrogen-bond acceptors (Lipinski definition) is 6. The molecule has 2 rings (SSSR count). The lowest BCUT2D eigenvalue weighted by molar-refractivity contribution is -0.141. The second-order valence-electron chi connectivity index (χ2n) is 4.83. The highest BCUT2D eigenvalue weighted by Gasteiger charge is 2.17. The Hall–Kier alpha value is -2.90. The number of rotatable bonds is 8. The number of esters is 1. The summed E-state index contributed by atoms with van der Waals surface area (Å²) in [5.41, 5.74) is 3.46. The maximum Gasteiger partial charge on any atom is 0.407 e. The zero-order chi connectivity index (χ0) is 18.8. The first-order chi connectivity index (χ1) is 12.6. The average molecular weight is 345 g/mol. The first kappa shape index (κ1) is 16.9. The molecule has 0 fully saturated rings. The SMILES string of the molecule is [2H]C(NC(=O)OCc1ccccc1)C(ONC)OC(=O)c1ccccc1. The largest absolute Gasteiger partial charge is 0.445 e. The molecule has 0 radical (unpaired) electrons. The summed E-state index contributed by atoms with van der Waals surface area (Å²) in [6, 6.07) is 17.4. The number of carbonyl (C=O) groups excluding carboxylic acids is 2. The van der Waals surface area contributed by atoms with Crippen LogP contribution in [-0.2, 0) is 20.9 Å². The molecule has 2 atom stereocenters. The molecular weight excluding hydrogens is 324 g/mol. The van der Waals surface area contributed by atoms with Gasteiger partial charge in [0.15, 0.2) is 0 Å². The van der Waals surface area contributed by atoms with Crippen molar-refractivity contribution in [2.75, 3.05) is 13.6 Å². The second kappa shape index (κ2) is 10.1. The molecule has 0 aromatic heterocycles. The van der Waals surface area contributed by atoms with Crippen molar-refractivity contribution in [1.82, 2.24) is 10.8 Å². The minimum atomic E-state index is -1.39. The lowest BCUT2D eigenvalue weighted by atomic mass is 10.2. The van der Waals surface area contributed by atoms with Crippen molar-refractivity contribution in [3.8, 4) is 0 Å². The summed E-state index contributed by atoms with van der Waals surface area (Å²) in [6.45, 7) is -1.33. The van der Waals surface area contributed by atoms with Crippen molar-refractivity contribution in [1.29, 1.82) is 0 Å². The lowest BCUT2D eigenvalue weighted by Gasteiger charge is -2.17. The smallest absolute Gasteiger partial charge is 0.407 e. The fraction of sp³-hybridized carbons (Fsp3) is 0.222. The normalized spacial score (nSPS) is 13.2. The van der Waals surface area contributed by atoms with E-state index in [2.05, 4.69) is 10.8 Å². The van der Waals surface area contributed by atoms with Crippen molar-refractivity contribution >= 4 is 12.1 Å². The van der Waals surface area contributed by atoms with E-state index in [0.717, 1.165) is 5.56 Å². The van der Waals surface area contributed by atoms with Crippen LogP contribution in [0.5, 0.6) is 0 Å². The minimum Gasteiger partial charge on any atom is -0.445 e. The molecule has 7 heteroatoms. The van der Waals surface area contributed by atoms with Gasteiger partial charge in [-0.1, -0.05) is 48.5 Å². The van der Waals surface area contributed by atoms with Gasteiger partial charge >= 0.3 is 12.1 Å². The van der Waals surface area contributed by atoms with Gasteiger partial charge < -0.3 is 14.8 Å². The molecule has 2 N–H and O–H groups in total.